The van der Waals surface area contributed by atoms with Crippen LogP contribution in [0, 0.1) is 0 Å². The number of amides is 1. The fourth-order valence-electron chi connectivity index (χ4n) is 2.02. The number of carbonyl (C=O) groups excluding carboxylic acids is 1. The Bertz CT molecular complexity index is 868. The minimum atomic E-state index is -0.370. The number of rotatable bonds is 4. The molecule has 0 aliphatic heterocycles. The van der Waals surface area contributed by atoms with E-state index in [0.29, 0.717) is 17.1 Å². The molecule has 5 nitrogen and oxygen atoms in total. The van der Waals surface area contributed by atoms with Crippen LogP contribution in [-0.2, 0) is 0 Å². The number of nitrogens with one attached hydrogen (secondary N) is 1. The van der Waals surface area contributed by atoms with Crippen LogP contribution in [0.1, 0.15) is 16.1 Å². The Balaban J connectivity index is 1.64. The van der Waals surface area contributed by atoms with Gasteiger partial charge < -0.3 is 9.52 Å². The lowest BCUT2D eigenvalue weighted by molar-refractivity contribution is 0.0955. The van der Waals surface area contributed by atoms with E-state index in [0.717, 1.165) is 10.0 Å². The van der Waals surface area contributed by atoms with Gasteiger partial charge in [-0.05, 0) is 48.5 Å². The van der Waals surface area contributed by atoms with E-state index in [1.54, 1.807) is 6.07 Å². The number of benzene rings is 2. The number of hydrogen-bond donors (Lipinski definition) is 2. The van der Waals surface area contributed by atoms with Crippen molar-refractivity contribution < 1.29 is 14.3 Å². The summed E-state index contributed by atoms with van der Waals surface area (Å²) < 4.78 is 6.66. The normalized spacial score (nSPS) is 10.9. The van der Waals surface area contributed by atoms with E-state index in [2.05, 4.69) is 26.5 Å². The highest BCUT2D eigenvalue weighted by atomic mass is 79.9. The fraction of sp³-hybridized carbons (Fsp3) is 0. The van der Waals surface area contributed by atoms with E-state index in [1.165, 1.54) is 30.5 Å². The third-order valence-corrected chi connectivity index (χ3v) is 3.77. The van der Waals surface area contributed by atoms with Crippen molar-refractivity contribution in [3.05, 3.63) is 76.5 Å². The maximum atomic E-state index is 11.9. The van der Waals surface area contributed by atoms with Crippen molar-refractivity contribution in [3.63, 3.8) is 0 Å². The molecule has 0 radical (unpaired) electrons. The lowest BCUT2D eigenvalue weighted by Gasteiger charge is -1.99. The van der Waals surface area contributed by atoms with Gasteiger partial charge in [0.1, 0.15) is 17.3 Å². The molecule has 0 saturated heterocycles. The second kappa shape index (κ2) is 7.14. The van der Waals surface area contributed by atoms with Crippen molar-refractivity contribution in [1.29, 1.82) is 0 Å². The molecule has 1 heterocycles. The fourth-order valence-corrected chi connectivity index (χ4v) is 2.29. The minimum Gasteiger partial charge on any atom is -0.508 e. The zero-order valence-corrected chi connectivity index (χ0v) is 14.0. The van der Waals surface area contributed by atoms with Gasteiger partial charge in [-0.25, -0.2) is 5.43 Å². The molecule has 3 aromatic rings. The Labute approximate surface area is 146 Å². The van der Waals surface area contributed by atoms with Crippen molar-refractivity contribution in [1.82, 2.24) is 5.43 Å². The summed E-state index contributed by atoms with van der Waals surface area (Å²) in [6, 6.07) is 17.3. The molecule has 2 N–H and O–H groups in total. The van der Waals surface area contributed by atoms with Gasteiger partial charge >= 0.3 is 0 Å². The predicted molar refractivity (Wildman–Crippen MR) is 95.0 cm³/mol. The topological polar surface area (TPSA) is 74.8 Å². The number of furan rings is 1. The highest BCUT2D eigenvalue weighted by Gasteiger charge is 2.05. The Morgan fingerprint density at radius 1 is 1.04 bits per heavy atom. The summed E-state index contributed by atoms with van der Waals surface area (Å²) >= 11 is 3.39. The summed E-state index contributed by atoms with van der Waals surface area (Å²) in [4.78, 5) is 11.9. The molecule has 0 aliphatic rings. The van der Waals surface area contributed by atoms with Crippen LogP contribution in [0.15, 0.2) is 74.7 Å². The van der Waals surface area contributed by atoms with Crippen LogP contribution < -0.4 is 5.43 Å². The smallest absolute Gasteiger partial charge is 0.271 e. The highest BCUT2D eigenvalue weighted by Crippen LogP contribution is 2.23. The first-order chi connectivity index (χ1) is 11.6. The standard InChI is InChI=1S/C18H13BrN2O3/c19-14-5-1-12(2-6-14)17-10-9-16(24-17)11-20-21-18(23)13-3-7-15(22)8-4-13/h1-11,22H,(H,21,23)/b20-11-. The first kappa shape index (κ1) is 16.0. The summed E-state index contributed by atoms with van der Waals surface area (Å²) in [7, 11) is 0. The molecular weight excluding hydrogens is 372 g/mol. The first-order valence-corrected chi connectivity index (χ1v) is 7.89. The Morgan fingerprint density at radius 2 is 1.75 bits per heavy atom. The summed E-state index contributed by atoms with van der Waals surface area (Å²) in [6.07, 6.45) is 1.43. The molecule has 3 rings (SSSR count). The van der Waals surface area contributed by atoms with E-state index >= 15 is 0 Å². The van der Waals surface area contributed by atoms with Gasteiger partial charge in [0, 0.05) is 15.6 Å². The molecule has 0 bridgehead atoms. The molecule has 0 atom stereocenters. The second-order valence-electron chi connectivity index (χ2n) is 4.95. The van der Waals surface area contributed by atoms with Crippen molar-refractivity contribution in [2.45, 2.75) is 0 Å². The number of phenolic OH excluding ortho intramolecular Hbond substituents is 1. The van der Waals surface area contributed by atoms with Gasteiger partial charge in [-0.15, -0.1) is 0 Å². The Morgan fingerprint density at radius 3 is 2.46 bits per heavy atom. The molecule has 0 spiro atoms. The lowest BCUT2D eigenvalue weighted by atomic mass is 10.2. The van der Waals surface area contributed by atoms with Gasteiger partial charge in [-0.2, -0.15) is 5.10 Å². The quantitative estimate of drug-likeness (QED) is 0.523. The molecule has 0 saturated carbocycles. The zero-order chi connectivity index (χ0) is 16.9. The molecule has 0 fully saturated rings. The van der Waals surface area contributed by atoms with E-state index < -0.39 is 0 Å². The van der Waals surface area contributed by atoms with E-state index in [9.17, 15) is 9.90 Å². The molecule has 0 aliphatic carbocycles. The Kier molecular flexibility index (Phi) is 4.77. The molecule has 120 valence electrons. The van der Waals surface area contributed by atoms with Gasteiger partial charge in [0.05, 0.1) is 6.21 Å². The van der Waals surface area contributed by atoms with Crippen LogP contribution in [-0.4, -0.2) is 17.2 Å². The highest BCUT2D eigenvalue weighted by molar-refractivity contribution is 9.10. The van der Waals surface area contributed by atoms with Gasteiger partial charge in [0.2, 0.25) is 0 Å². The number of phenols is 1. The number of hydrazone groups is 1. The maximum Gasteiger partial charge on any atom is 0.271 e. The molecule has 24 heavy (non-hydrogen) atoms. The summed E-state index contributed by atoms with van der Waals surface area (Å²) in [5.74, 6) is 0.977. The summed E-state index contributed by atoms with van der Waals surface area (Å²) in [5, 5.41) is 13.1. The predicted octanol–water partition coefficient (Wildman–Crippen LogP) is 4.18. The van der Waals surface area contributed by atoms with Crippen molar-refractivity contribution in [3.8, 4) is 17.1 Å². The van der Waals surface area contributed by atoms with Crippen LogP contribution in [0.5, 0.6) is 5.75 Å². The molecule has 0 unspecified atom stereocenters. The van der Waals surface area contributed by atoms with Crippen molar-refractivity contribution in [2.24, 2.45) is 5.10 Å². The number of carbonyl (C=O) groups is 1. The number of aromatic hydroxyl groups is 1. The summed E-state index contributed by atoms with van der Waals surface area (Å²) in [5.41, 5.74) is 3.76. The zero-order valence-electron chi connectivity index (χ0n) is 12.4. The first-order valence-electron chi connectivity index (χ1n) is 7.10. The van der Waals surface area contributed by atoms with E-state index in [1.807, 2.05) is 30.3 Å². The third-order valence-electron chi connectivity index (χ3n) is 3.24. The van der Waals surface area contributed by atoms with Crippen LogP contribution >= 0.6 is 15.9 Å². The van der Waals surface area contributed by atoms with Crippen LogP contribution in [0.25, 0.3) is 11.3 Å². The van der Waals surface area contributed by atoms with Crippen molar-refractivity contribution >= 4 is 28.1 Å². The van der Waals surface area contributed by atoms with Crippen LogP contribution in [0.2, 0.25) is 0 Å². The minimum absolute atomic E-state index is 0.103. The largest absolute Gasteiger partial charge is 0.508 e. The van der Waals surface area contributed by atoms with Crippen LogP contribution in [0.3, 0.4) is 0 Å². The van der Waals surface area contributed by atoms with E-state index in [-0.39, 0.29) is 11.7 Å². The Hall–Kier alpha value is -2.86. The van der Waals surface area contributed by atoms with E-state index in [4.69, 9.17) is 4.42 Å². The number of halogens is 1. The lowest BCUT2D eigenvalue weighted by Crippen LogP contribution is -2.17. The van der Waals surface area contributed by atoms with Gasteiger partial charge in [-0.3, -0.25) is 4.79 Å². The molecule has 6 heteroatoms. The average molecular weight is 385 g/mol. The SMILES string of the molecule is O=C(N/N=C\c1ccc(-c2ccc(Br)cc2)o1)c1ccc(O)cc1. The molecular formula is C18H13BrN2O3. The summed E-state index contributed by atoms with van der Waals surface area (Å²) in [6.45, 7) is 0. The number of nitrogens with zero attached hydrogens (tertiary/aromatic N) is 1. The number of hydrogen-bond acceptors (Lipinski definition) is 4. The molecule has 1 aromatic heterocycles. The van der Waals surface area contributed by atoms with Gasteiger partial charge in [0.25, 0.3) is 5.91 Å². The third kappa shape index (κ3) is 3.91. The van der Waals surface area contributed by atoms with Crippen molar-refractivity contribution in [2.75, 3.05) is 0 Å². The van der Waals surface area contributed by atoms with Crippen LogP contribution in [0.4, 0.5) is 0 Å². The maximum absolute atomic E-state index is 11.9. The van der Waals surface area contributed by atoms with Gasteiger partial charge in [0.15, 0.2) is 0 Å². The van der Waals surface area contributed by atoms with Gasteiger partial charge in [-0.1, -0.05) is 28.1 Å². The average Bonchev–Trinajstić information content (AvgIpc) is 3.05. The molecule has 2 aromatic carbocycles. The molecule has 1 amide bonds. The second-order valence-corrected chi connectivity index (χ2v) is 5.87. The monoisotopic (exact) mass is 384 g/mol.